The molecule has 0 fully saturated rings. The van der Waals surface area contributed by atoms with Crippen molar-refractivity contribution < 1.29 is 33.3 Å². The number of carbonyl (C=O) groups excluding carboxylic acids is 3. The standard InChI is InChI=1S/C18H35N3O7.C2H6/c1-16(22)14-27-12-10-26-9-7-21-18(24)15-28-13-11-25-8-6-20-17(23)4-2-3-5-19;1-2/h2-15,19H2,1H3,(H,20,23)(H,21,24);1-2H3. The third kappa shape index (κ3) is 26.4. The third-order valence-electron chi connectivity index (χ3n) is 3.28. The van der Waals surface area contributed by atoms with E-state index in [0.717, 1.165) is 12.8 Å². The molecule has 0 spiro atoms. The minimum Gasteiger partial charge on any atom is -0.377 e. The predicted molar refractivity (Wildman–Crippen MR) is 114 cm³/mol. The van der Waals surface area contributed by atoms with E-state index in [1.807, 2.05) is 13.8 Å². The molecule has 0 aromatic carbocycles. The van der Waals surface area contributed by atoms with Gasteiger partial charge in [-0.1, -0.05) is 13.8 Å². The SMILES string of the molecule is CC.CC(=O)COCCOCCNC(=O)COCCOCCNC(=O)CCCCN. The lowest BCUT2D eigenvalue weighted by Gasteiger charge is -2.08. The Balaban J connectivity index is 0. The largest absolute Gasteiger partial charge is 0.377 e. The smallest absolute Gasteiger partial charge is 0.246 e. The monoisotopic (exact) mass is 435 g/mol. The first-order valence-corrected chi connectivity index (χ1v) is 10.6. The third-order valence-corrected chi connectivity index (χ3v) is 3.28. The van der Waals surface area contributed by atoms with Crippen molar-refractivity contribution in [3.05, 3.63) is 0 Å². The zero-order chi connectivity index (χ0) is 22.9. The predicted octanol–water partition coefficient (Wildman–Crippen LogP) is 0.0294. The number of ether oxygens (including phenoxy) is 4. The molecule has 0 rings (SSSR count). The van der Waals surface area contributed by atoms with Crippen LogP contribution in [0.2, 0.25) is 0 Å². The van der Waals surface area contributed by atoms with Crippen molar-refractivity contribution >= 4 is 17.6 Å². The summed E-state index contributed by atoms with van der Waals surface area (Å²) in [5, 5.41) is 5.41. The molecule has 4 N–H and O–H groups in total. The molecule has 30 heavy (non-hydrogen) atoms. The van der Waals surface area contributed by atoms with E-state index in [0.29, 0.717) is 65.7 Å². The molecule has 0 aromatic heterocycles. The molecule has 10 heteroatoms. The first-order chi connectivity index (χ1) is 14.6. The van der Waals surface area contributed by atoms with Crippen LogP contribution < -0.4 is 16.4 Å². The average Bonchev–Trinajstić information content (AvgIpc) is 2.73. The summed E-state index contributed by atoms with van der Waals surface area (Å²) in [6, 6.07) is 0. The molecule has 0 atom stereocenters. The molecule has 0 aliphatic rings. The van der Waals surface area contributed by atoms with Crippen LogP contribution in [0.3, 0.4) is 0 Å². The number of Topliss-reactive ketones (excluding diaryl/α,β-unsaturated/α-hetero) is 1. The van der Waals surface area contributed by atoms with Crippen LogP contribution in [0.25, 0.3) is 0 Å². The molecular weight excluding hydrogens is 394 g/mol. The summed E-state index contributed by atoms with van der Waals surface area (Å²) in [4.78, 5) is 33.6. The zero-order valence-electron chi connectivity index (χ0n) is 18.8. The van der Waals surface area contributed by atoms with Crippen LogP contribution in [-0.4, -0.2) is 90.1 Å². The second-order valence-corrected chi connectivity index (χ2v) is 5.98. The van der Waals surface area contributed by atoms with Gasteiger partial charge in [-0.25, -0.2) is 0 Å². The fourth-order valence-electron chi connectivity index (χ4n) is 1.92. The summed E-state index contributed by atoms with van der Waals surface area (Å²) in [6.45, 7) is 9.01. The van der Waals surface area contributed by atoms with Crippen molar-refractivity contribution in [3.8, 4) is 0 Å². The molecule has 0 bridgehead atoms. The van der Waals surface area contributed by atoms with E-state index in [-0.39, 0.29) is 30.8 Å². The van der Waals surface area contributed by atoms with Gasteiger partial charge in [0.05, 0.1) is 39.6 Å². The van der Waals surface area contributed by atoms with Crippen LogP contribution in [0.5, 0.6) is 0 Å². The first-order valence-electron chi connectivity index (χ1n) is 10.6. The molecule has 0 aromatic rings. The molecule has 0 saturated carbocycles. The zero-order valence-corrected chi connectivity index (χ0v) is 18.8. The molecule has 0 unspecified atom stereocenters. The molecule has 0 radical (unpaired) electrons. The van der Waals surface area contributed by atoms with E-state index in [1.165, 1.54) is 6.92 Å². The number of unbranched alkanes of at least 4 members (excludes halogenated alkanes) is 1. The summed E-state index contributed by atoms with van der Waals surface area (Å²) in [5.74, 6) is -0.266. The van der Waals surface area contributed by atoms with Crippen molar-refractivity contribution in [1.29, 1.82) is 0 Å². The van der Waals surface area contributed by atoms with Crippen LogP contribution in [0.1, 0.15) is 40.0 Å². The molecule has 2 amide bonds. The molecule has 0 aliphatic carbocycles. The van der Waals surface area contributed by atoms with Crippen molar-refractivity contribution in [2.24, 2.45) is 5.73 Å². The lowest BCUT2D eigenvalue weighted by atomic mass is 10.2. The Morgan fingerprint density at radius 1 is 0.700 bits per heavy atom. The topological polar surface area (TPSA) is 138 Å². The summed E-state index contributed by atoms with van der Waals surface area (Å²) >= 11 is 0. The van der Waals surface area contributed by atoms with Crippen LogP contribution in [-0.2, 0) is 33.3 Å². The van der Waals surface area contributed by atoms with Gasteiger partial charge >= 0.3 is 0 Å². The molecule has 10 nitrogen and oxygen atoms in total. The minimum absolute atomic E-state index is 0.00228. The Kier molecular flexibility index (Phi) is 26.0. The number of ketones is 1. The lowest BCUT2D eigenvalue weighted by molar-refractivity contribution is -0.127. The highest BCUT2D eigenvalue weighted by molar-refractivity contribution is 5.77. The van der Waals surface area contributed by atoms with Crippen molar-refractivity contribution in [3.63, 3.8) is 0 Å². The van der Waals surface area contributed by atoms with Gasteiger partial charge in [-0.2, -0.15) is 0 Å². The number of rotatable bonds is 20. The van der Waals surface area contributed by atoms with E-state index >= 15 is 0 Å². The van der Waals surface area contributed by atoms with Gasteiger partial charge in [0.15, 0.2) is 5.78 Å². The Morgan fingerprint density at radius 3 is 1.73 bits per heavy atom. The van der Waals surface area contributed by atoms with E-state index in [1.54, 1.807) is 0 Å². The van der Waals surface area contributed by atoms with E-state index < -0.39 is 0 Å². The van der Waals surface area contributed by atoms with Gasteiger partial charge in [0.2, 0.25) is 11.8 Å². The van der Waals surface area contributed by atoms with Crippen molar-refractivity contribution in [1.82, 2.24) is 10.6 Å². The van der Waals surface area contributed by atoms with Crippen LogP contribution >= 0.6 is 0 Å². The lowest BCUT2D eigenvalue weighted by Crippen LogP contribution is -2.31. The summed E-state index contributed by atoms with van der Waals surface area (Å²) in [6.07, 6.45) is 2.12. The van der Waals surface area contributed by atoms with E-state index in [9.17, 15) is 14.4 Å². The first kappa shape index (κ1) is 30.6. The Bertz CT molecular complexity index is 423. The Labute approximate surface area is 180 Å². The fraction of sp³-hybridized carbons (Fsp3) is 0.850. The van der Waals surface area contributed by atoms with Gasteiger partial charge in [0.25, 0.3) is 0 Å². The maximum atomic E-state index is 11.5. The number of hydrogen-bond acceptors (Lipinski definition) is 8. The van der Waals surface area contributed by atoms with Crippen molar-refractivity contribution in [2.45, 2.75) is 40.0 Å². The Morgan fingerprint density at radius 2 is 1.20 bits per heavy atom. The summed E-state index contributed by atoms with van der Waals surface area (Å²) in [7, 11) is 0. The minimum atomic E-state index is -0.235. The van der Waals surface area contributed by atoms with Gasteiger partial charge in [-0.15, -0.1) is 0 Å². The molecular formula is C20H41N3O7. The van der Waals surface area contributed by atoms with E-state index in [2.05, 4.69) is 10.6 Å². The molecule has 178 valence electrons. The Hall–Kier alpha value is -1.59. The van der Waals surface area contributed by atoms with E-state index in [4.69, 9.17) is 24.7 Å². The maximum absolute atomic E-state index is 11.5. The van der Waals surface area contributed by atoms with Gasteiger partial charge < -0.3 is 35.3 Å². The van der Waals surface area contributed by atoms with Crippen LogP contribution in [0.15, 0.2) is 0 Å². The quantitative estimate of drug-likeness (QED) is 0.228. The highest BCUT2D eigenvalue weighted by atomic mass is 16.5. The number of hydrogen-bond donors (Lipinski definition) is 3. The number of carbonyl (C=O) groups is 3. The van der Waals surface area contributed by atoms with Crippen molar-refractivity contribution in [2.75, 3.05) is 72.5 Å². The second kappa shape index (κ2) is 25.4. The number of nitrogens with two attached hydrogens (primary N) is 1. The second-order valence-electron chi connectivity index (χ2n) is 5.98. The molecule has 0 heterocycles. The fourth-order valence-corrected chi connectivity index (χ4v) is 1.92. The van der Waals surface area contributed by atoms with Crippen LogP contribution in [0, 0.1) is 0 Å². The highest BCUT2D eigenvalue weighted by Gasteiger charge is 2.02. The molecule has 0 aliphatic heterocycles. The molecule has 0 saturated heterocycles. The normalized spacial score (nSPS) is 10.1. The van der Waals surface area contributed by atoms with Gasteiger partial charge in [-0.05, 0) is 26.3 Å². The number of amides is 2. The van der Waals surface area contributed by atoms with Gasteiger partial charge in [0.1, 0.15) is 13.2 Å². The van der Waals surface area contributed by atoms with Crippen LogP contribution in [0.4, 0.5) is 0 Å². The highest BCUT2D eigenvalue weighted by Crippen LogP contribution is 1.92. The maximum Gasteiger partial charge on any atom is 0.246 e. The van der Waals surface area contributed by atoms with Gasteiger partial charge in [0, 0.05) is 19.5 Å². The van der Waals surface area contributed by atoms with Gasteiger partial charge in [-0.3, -0.25) is 14.4 Å². The average molecular weight is 436 g/mol. The number of nitrogens with one attached hydrogen (secondary N) is 2. The summed E-state index contributed by atoms with van der Waals surface area (Å²) < 4.78 is 20.8. The summed E-state index contributed by atoms with van der Waals surface area (Å²) in [5.41, 5.74) is 5.36.